The first-order chi connectivity index (χ1) is 15.7. The second-order valence-corrected chi connectivity index (χ2v) is 8.47. The maximum absolute atomic E-state index is 13.3. The second kappa shape index (κ2) is 8.68. The highest BCUT2D eigenvalue weighted by atomic mass is 16.3. The molecule has 4 atom stereocenters. The van der Waals surface area contributed by atoms with Gasteiger partial charge < -0.3 is 20.3 Å². The Balaban J connectivity index is 1.40. The number of hydrogen-bond acceptors (Lipinski definition) is 5. The van der Waals surface area contributed by atoms with Crippen LogP contribution in [-0.2, 0) is 17.8 Å². The summed E-state index contributed by atoms with van der Waals surface area (Å²) in [6.07, 6.45) is 4.19. The van der Waals surface area contributed by atoms with Crippen LogP contribution in [0.5, 0.6) is 0 Å². The molecule has 164 valence electrons. The van der Waals surface area contributed by atoms with E-state index in [2.05, 4.69) is 15.6 Å². The van der Waals surface area contributed by atoms with Crippen molar-refractivity contribution in [1.29, 1.82) is 0 Å². The largest absolute Gasteiger partial charge is 0.396 e. The van der Waals surface area contributed by atoms with Crippen molar-refractivity contribution in [2.45, 2.75) is 25.0 Å². The van der Waals surface area contributed by atoms with Gasteiger partial charge in [0.2, 0.25) is 5.91 Å². The summed E-state index contributed by atoms with van der Waals surface area (Å²) < 4.78 is 1.78. The Morgan fingerprint density at radius 1 is 1.12 bits per heavy atom. The lowest BCUT2D eigenvalue weighted by atomic mass is 9.86. The van der Waals surface area contributed by atoms with Crippen LogP contribution in [0.25, 0.3) is 11.1 Å². The molecule has 0 radical (unpaired) electrons. The quantitative estimate of drug-likeness (QED) is 0.551. The van der Waals surface area contributed by atoms with Crippen LogP contribution in [0.1, 0.15) is 17.3 Å². The summed E-state index contributed by atoms with van der Waals surface area (Å²) in [4.78, 5) is 30.5. The van der Waals surface area contributed by atoms with E-state index in [1.165, 1.54) is 0 Å². The van der Waals surface area contributed by atoms with Crippen molar-refractivity contribution in [2.75, 3.05) is 13.2 Å². The van der Waals surface area contributed by atoms with Crippen LogP contribution in [0.4, 0.5) is 0 Å². The molecule has 0 spiro atoms. The van der Waals surface area contributed by atoms with E-state index >= 15 is 0 Å². The summed E-state index contributed by atoms with van der Waals surface area (Å²) in [5.74, 6) is -0.773. The minimum Gasteiger partial charge on any atom is -0.396 e. The molecule has 2 aromatic heterocycles. The zero-order valence-electron chi connectivity index (χ0n) is 17.6. The number of pyridine rings is 2. The molecule has 7 heteroatoms. The van der Waals surface area contributed by atoms with Gasteiger partial charge in [0, 0.05) is 55.3 Å². The van der Waals surface area contributed by atoms with Gasteiger partial charge in [-0.05, 0) is 41.8 Å². The van der Waals surface area contributed by atoms with Gasteiger partial charge in [-0.25, -0.2) is 0 Å². The number of fused-ring (bicyclic) bond motifs is 4. The van der Waals surface area contributed by atoms with E-state index in [0.717, 1.165) is 16.8 Å². The first-order valence-corrected chi connectivity index (χ1v) is 11.0. The zero-order chi connectivity index (χ0) is 22.1. The number of aromatic nitrogens is 2. The van der Waals surface area contributed by atoms with Crippen LogP contribution >= 0.6 is 0 Å². The van der Waals surface area contributed by atoms with E-state index in [9.17, 15) is 14.7 Å². The maximum Gasteiger partial charge on any atom is 0.258 e. The highest BCUT2D eigenvalue weighted by molar-refractivity contribution is 5.80. The third-order valence-corrected chi connectivity index (χ3v) is 6.70. The molecule has 2 aliphatic rings. The van der Waals surface area contributed by atoms with Crippen LogP contribution in [-0.4, -0.2) is 39.8 Å². The molecule has 32 heavy (non-hydrogen) atoms. The summed E-state index contributed by atoms with van der Waals surface area (Å²) in [6.45, 7) is 0.844. The van der Waals surface area contributed by atoms with Crippen LogP contribution in [0.2, 0.25) is 0 Å². The number of aliphatic hydroxyl groups is 1. The number of carbonyl (C=O) groups excluding carboxylic acids is 1. The van der Waals surface area contributed by atoms with Gasteiger partial charge in [0.05, 0.1) is 12.0 Å². The number of hydrogen-bond donors (Lipinski definition) is 3. The fourth-order valence-corrected chi connectivity index (χ4v) is 5.08. The minimum absolute atomic E-state index is 0.0550. The van der Waals surface area contributed by atoms with E-state index in [4.69, 9.17) is 0 Å². The lowest BCUT2D eigenvalue weighted by molar-refractivity contribution is -0.127. The summed E-state index contributed by atoms with van der Waals surface area (Å²) in [6, 6.07) is 16.8. The summed E-state index contributed by atoms with van der Waals surface area (Å²) in [5.41, 5.74) is 3.38. The van der Waals surface area contributed by atoms with E-state index in [0.29, 0.717) is 25.1 Å². The molecule has 1 aromatic carbocycles. The number of aliphatic hydroxyl groups excluding tert-OH is 1. The smallest absolute Gasteiger partial charge is 0.258 e. The monoisotopic (exact) mass is 430 g/mol. The van der Waals surface area contributed by atoms with E-state index in [1.54, 1.807) is 17.0 Å². The van der Waals surface area contributed by atoms with Crippen LogP contribution in [0.15, 0.2) is 71.8 Å². The van der Waals surface area contributed by atoms with Crippen molar-refractivity contribution in [2.24, 2.45) is 11.8 Å². The van der Waals surface area contributed by atoms with Crippen LogP contribution in [0.3, 0.4) is 0 Å². The first kappa shape index (κ1) is 20.6. The predicted octanol–water partition coefficient (Wildman–Crippen LogP) is 1.52. The highest BCUT2D eigenvalue weighted by Crippen LogP contribution is 2.41. The van der Waals surface area contributed by atoms with Gasteiger partial charge in [0.15, 0.2) is 0 Å². The molecule has 1 amide bonds. The number of rotatable bonds is 6. The molecular weight excluding hydrogens is 404 g/mol. The Kier molecular flexibility index (Phi) is 5.59. The molecule has 2 bridgehead atoms. The second-order valence-electron chi connectivity index (χ2n) is 8.47. The molecule has 0 aliphatic carbocycles. The van der Waals surface area contributed by atoms with Crippen molar-refractivity contribution >= 4 is 5.91 Å². The number of nitrogens with one attached hydrogen (secondary N) is 2. The maximum atomic E-state index is 13.3. The zero-order valence-corrected chi connectivity index (χ0v) is 17.6. The van der Waals surface area contributed by atoms with Crippen molar-refractivity contribution < 1.29 is 9.90 Å². The van der Waals surface area contributed by atoms with E-state index in [-0.39, 0.29) is 36.1 Å². The van der Waals surface area contributed by atoms with Gasteiger partial charge in [0.25, 0.3) is 5.56 Å². The number of nitrogens with zero attached hydrogens (tertiary/aromatic N) is 2. The molecule has 2 aliphatic heterocycles. The summed E-state index contributed by atoms with van der Waals surface area (Å²) >= 11 is 0. The van der Waals surface area contributed by atoms with Gasteiger partial charge >= 0.3 is 0 Å². The average Bonchev–Trinajstić information content (AvgIpc) is 3.13. The van der Waals surface area contributed by atoms with Crippen molar-refractivity contribution in [1.82, 2.24) is 20.2 Å². The van der Waals surface area contributed by atoms with Gasteiger partial charge in [-0.2, -0.15) is 0 Å². The van der Waals surface area contributed by atoms with Gasteiger partial charge in [-0.15, -0.1) is 0 Å². The molecule has 4 heterocycles. The number of carbonyl (C=O) groups is 1. The predicted molar refractivity (Wildman–Crippen MR) is 121 cm³/mol. The number of amides is 1. The van der Waals surface area contributed by atoms with Gasteiger partial charge in [-0.3, -0.25) is 14.6 Å². The fourth-order valence-electron chi connectivity index (χ4n) is 5.08. The lowest BCUT2D eigenvalue weighted by Gasteiger charge is -2.28. The number of benzene rings is 1. The molecule has 7 nitrogen and oxygen atoms in total. The Hall–Kier alpha value is -3.29. The third-order valence-electron chi connectivity index (χ3n) is 6.70. The molecular formula is C25H26N4O3. The molecule has 1 saturated heterocycles. The topological polar surface area (TPSA) is 96.2 Å². The Morgan fingerprint density at radius 2 is 1.91 bits per heavy atom. The highest BCUT2D eigenvalue weighted by Gasteiger charge is 2.50. The molecule has 0 saturated carbocycles. The minimum atomic E-state index is -0.432. The van der Waals surface area contributed by atoms with Crippen molar-refractivity contribution in [3.63, 3.8) is 0 Å². The summed E-state index contributed by atoms with van der Waals surface area (Å²) in [5, 5.41) is 16.6. The molecule has 3 aromatic rings. The molecule has 3 N–H and O–H groups in total. The first-order valence-electron chi connectivity index (χ1n) is 11.0. The van der Waals surface area contributed by atoms with Crippen molar-refractivity contribution in [3.8, 4) is 11.1 Å². The van der Waals surface area contributed by atoms with Crippen molar-refractivity contribution in [3.05, 3.63) is 88.6 Å². The Labute approximate surface area is 186 Å². The Morgan fingerprint density at radius 3 is 2.66 bits per heavy atom. The molecule has 5 rings (SSSR count). The third kappa shape index (κ3) is 3.63. The Bertz CT molecular complexity index is 1160. The summed E-state index contributed by atoms with van der Waals surface area (Å²) in [7, 11) is 0. The van der Waals surface area contributed by atoms with E-state index in [1.807, 2.05) is 54.6 Å². The van der Waals surface area contributed by atoms with Gasteiger partial charge in [-0.1, -0.05) is 30.3 Å². The van der Waals surface area contributed by atoms with E-state index < -0.39 is 5.92 Å². The van der Waals surface area contributed by atoms with Gasteiger partial charge in [0.1, 0.15) is 0 Å². The standard InChI is InChI=1S/C25H26N4O3/c30-15-19-20-14-29-21(7-6-18(25(29)32)17-4-2-1-3-5-17)23(28-20)22(19)24(31)27-13-10-16-8-11-26-12-9-16/h1-9,11-12,19-20,22-23,28,30H,10,13-15H2,(H,27,31)/t19-,20-,22+,23+/m0/s1. The molecule has 1 fully saturated rings. The lowest BCUT2D eigenvalue weighted by Crippen LogP contribution is -2.43. The normalized spacial score (nSPS) is 23.5. The van der Waals surface area contributed by atoms with Crippen LogP contribution < -0.4 is 16.2 Å². The fraction of sp³-hybridized carbons (Fsp3) is 0.320. The average molecular weight is 431 g/mol. The molecule has 0 unspecified atom stereocenters. The SMILES string of the molecule is O=C(NCCc1ccncc1)[C@@H]1[C@@H](CO)[C@@H]2Cn3c(ccc(-c4ccccc4)c3=O)[C@H]1N2. The van der Waals surface area contributed by atoms with Crippen LogP contribution in [0, 0.1) is 11.8 Å².